The SMILES string of the molecule is CCOC(=O)Cn1nc(Br)cc1Br. The van der Waals surface area contributed by atoms with Crippen molar-refractivity contribution in [1.82, 2.24) is 9.78 Å². The minimum atomic E-state index is -0.293. The van der Waals surface area contributed by atoms with Gasteiger partial charge >= 0.3 is 5.97 Å². The predicted molar refractivity (Wildman–Crippen MR) is 54.3 cm³/mol. The van der Waals surface area contributed by atoms with Crippen LogP contribution in [-0.2, 0) is 16.1 Å². The van der Waals surface area contributed by atoms with Crippen LogP contribution >= 0.6 is 31.9 Å². The molecular weight excluding hydrogens is 304 g/mol. The molecule has 1 aromatic heterocycles. The molecule has 0 saturated heterocycles. The molecule has 72 valence electrons. The van der Waals surface area contributed by atoms with Gasteiger partial charge in [-0.3, -0.25) is 4.79 Å². The number of rotatable bonds is 3. The number of halogens is 2. The van der Waals surface area contributed by atoms with Crippen molar-refractivity contribution in [1.29, 1.82) is 0 Å². The summed E-state index contributed by atoms with van der Waals surface area (Å²) < 4.78 is 7.72. The van der Waals surface area contributed by atoms with E-state index in [-0.39, 0.29) is 12.5 Å². The highest BCUT2D eigenvalue weighted by Gasteiger charge is 2.08. The van der Waals surface area contributed by atoms with Crippen molar-refractivity contribution < 1.29 is 9.53 Å². The first-order valence-electron chi connectivity index (χ1n) is 3.68. The Morgan fingerprint density at radius 3 is 2.85 bits per heavy atom. The van der Waals surface area contributed by atoms with Gasteiger partial charge in [0.2, 0.25) is 0 Å². The van der Waals surface area contributed by atoms with Gasteiger partial charge in [-0.15, -0.1) is 0 Å². The van der Waals surface area contributed by atoms with Crippen LogP contribution in [0.3, 0.4) is 0 Å². The van der Waals surface area contributed by atoms with E-state index in [4.69, 9.17) is 4.74 Å². The van der Waals surface area contributed by atoms with Gasteiger partial charge in [-0.1, -0.05) is 0 Å². The maximum Gasteiger partial charge on any atom is 0.327 e. The Morgan fingerprint density at radius 1 is 1.69 bits per heavy atom. The summed E-state index contributed by atoms with van der Waals surface area (Å²) in [6.07, 6.45) is 0. The normalized spacial score (nSPS) is 10.1. The van der Waals surface area contributed by atoms with Crippen LogP contribution in [0.4, 0.5) is 0 Å². The first-order valence-corrected chi connectivity index (χ1v) is 5.26. The van der Waals surface area contributed by atoms with E-state index in [9.17, 15) is 4.79 Å². The maximum atomic E-state index is 11.1. The number of hydrogen-bond acceptors (Lipinski definition) is 3. The van der Waals surface area contributed by atoms with Crippen molar-refractivity contribution in [3.8, 4) is 0 Å². The fourth-order valence-corrected chi connectivity index (χ4v) is 1.94. The third-order valence-corrected chi connectivity index (χ3v) is 2.31. The van der Waals surface area contributed by atoms with Crippen LogP contribution in [0.25, 0.3) is 0 Å². The molecule has 0 fully saturated rings. The molecule has 0 bridgehead atoms. The van der Waals surface area contributed by atoms with Crippen molar-refractivity contribution in [2.45, 2.75) is 13.5 Å². The standard InChI is InChI=1S/C7H8Br2N2O2/c1-2-13-7(12)4-11-6(9)3-5(8)10-11/h3H,2,4H2,1H3. The summed E-state index contributed by atoms with van der Waals surface area (Å²) in [7, 11) is 0. The molecule has 1 rings (SSSR count). The zero-order valence-electron chi connectivity index (χ0n) is 6.96. The van der Waals surface area contributed by atoms with Crippen LogP contribution in [0.2, 0.25) is 0 Å². The van der Waals surface area contributed by atoms with Gasteiger partial charge in [-0.05, 0) is 38.8 Å². The van der Waals surface area contributed by atoms with Gasteiger partial charge in [0.15, 0.2) is 0 Å². The van der Waals surface area contributed by atoms with E-state index in [1.807, 2.05) is 0 Å². The number of aromatic nitrogens is 2. The van der Waals surface area contributed by atoms with Gasteiger partial charge in [0.1, 0.15) is 15.8 Å². The molecule has 0 aromatic carbocycles. The smallest absolute Gasteiger partial charge is 0.327 e. The van der Waals surface area contributed by atoms with Gasteiger partial charge in [-0.25, -0.2) is 4.68 Å². The first-order chi connectivity index (χ1) is 6.13. The molecule has 0 atom stereocenters. The third-order valence-electron chi connectivity index (χ3n) is 1.29. The van der Waals surface area contributed by atoms with E-state index in [1.54, 1.807) is 13.0 Å². The molecule has 0 N–H and O–H groups in total. The highest BCUT2D eigenvalue weighted by atomic mass is 79.9. The van der Waals surface area contributed by atoms with Crippen LogP contribution in [0.5, 0.6) is 0 Å². The second-order valence-corrected chi connectivity index (χ2v) is 3.88. The minimum Gasteiger partial charge on any atom is -0.465 e. The van der Waals surface area contributed by atoms with Gasteiger partial charge in [0.25, 0.3) is 0 Å². The molecular formula is C7H8Br2N2O2. The summed E-state index contributed by atoms with van der Waals surface area (Å²) in [4.78, 5) is 11.1. The Morgan fingerprint density at radius 2 is 2.38 bits per heavy atom. The predicted octanol–water partition coefficient (Wildman–Crippen LogP) is 1.97. The molecule has 0 spiro atoms. The largest absolute Gasteiger partial charge is 0.465 e. The number of hydrogen-bond donors (Lipinski definition) is 0. The van der Waals surface area contributed by atoms with Crippen LogP contribution in [0.1, 0.15) is 6.92 Å². The maximum absolute atomic E-state index is 11.1. The monoisotopic (exact) mass is 310 g/mol. The quantitative estimate of drug-likeness (QED) is 0.802. The van der Waals surface area contributed by atoms with Gasteiger partial charge in [0.05, 0.1) is 6.61 Å². The van der Waals surface area contributed by atoms with Gasteiger partial charge in [0, 0.05) is 6.07 Å². The second kappa shape index (κ2) is 4.76. The molecule has 1 aromatic rings. The lowest BCUT2D eigenvalue weighted by Crippen LogP contribution is -2.14. The van der Waals surface area contributed by atoms with Crippen LogP contribution < -0.4 is 0 Å². The summed E-state index contributed by atoms with van der Waals surface area (Å²) in [6.45, 7) is 2.28. The summed E-state index contributed by atoms with van der Waals surface area (Å²) in [5.74, 6) is -0.293. The molecule has 6 heteroatoms. The van der Waals surface area contributed by atoms with E-state index >= 15 is 0 Å². The number of nitrogens with zero attached hydrogens (tertiary/aromatic N) is 2. The van der Waals surface area contributed by atoms with Crippen molar-refractivity contribution in [3.63, 3.8) is 0 Å². The molecule has 0 aliphatic rings. The Balaban J connectivity index is 2.63. The molecule has 0 aliphatic heterocycles. The Labute approximate surface area is 92.5 Å². The fraction of sp³-hybridized carbons (Fsp3) is 0.429. The lowest BCUT2D eigenvalue weighted by molar-refractivity contribution is -0.144. The molecule has 13 heavy (non-hydrogen) atoms. The van der Waals surface area contributed by atoms with Crippen molar-refractivity contribution >= 4 is 37.8 Å². The topological polar surface area (TPSA) is 44.1 Å². The lowest BCUT2D eigenvalue weighted by atomic mass is 10.6. The number of carbonyl (C=O) groups excluding carboxylic acids is 1. The van der Waals surface area contributed by atoms with Crippen molar-refractivity contribution in [2.24, 2.45) is 0 Å². The Kier molecular flexibility index (Phi) is 3.92. The fourth-order valence-electron chi connectivity index (χ4n) is 0.805. The highest BCUT2D eigenvalue weighted by Crippen LogP contribution is 2.15. The third kappa shape index (κ3) is 3.11. The molecule has 0 aliphatic carbocycles. The average Bonchev–Trinajstić information content (AvgIpc) is 2.30. The number of ether oxygens (including phenoxy) is 1. The highest BCUT2D eigenvalue weighted by molar-refractivity contribution is 9.11. The summed E-state index contributed by atoms with van der Waals surface area (Å²) in [5, 5.41) is 4.02. The molecule has 0 unspecified atom stereocenters. The molecule has 4 nitrogen and oxygen atoms in total. The summed E-state index contributed by atoms with van der Waals surface area (Å²) >= 11 is 6.46. The van der Waals surface area contributed by atoms with Crippen molar-refractivity contribution in [2.75, 3.05) is 6.61 Å². The number of carbonyl (C=O) groups is 1. The molecule has 0 radical (unpaired) electrons. The Hall–Kier alpha value is -0.360. The minimum absolute atomic E-state index is 0.125. The Bertz CT molecular complexity index is 311. The van der Waals surface area contributed by atoms with E-state index in [0.29, 0.717) is 11.2 Å². The summed E-state index contributed by atoms with van der Waals surface area (Å²) in [6, 6.07) is 1.76. The van der Waals surface area contributed by atoms with Crippen molar-refractivity contribution in [3.05, 3.63) is 15.3 Å². The van der Waals surface area contributed by atoms with E-state index in [2.05, 4.69) is 37.0 Å². The van der Waals surface area contributed by atoms with E-state index in [0.717, 1.165) is 4.60 Å². The van der Waals surface area contributed by atoms with Gasteiger partial charge in [-0.2, -0.15) is 5.10 Å². The zero-order valence-corrected chi connectivity index (χ0v) is 10.1. The van der Waals surface area contributed by atoms with Gasteiger partial charge < -0.3 is 4.74 Å². The van der Waals surface area contributed by atoms with Crippen LogP contribution in [0.15, 0.2) is 15.3 Å². The van der Waals surface area contributed by atoms with Crippen LogP contribution in [0, 0.1) is 0 Å². The van der Waals surface area contributed by atoms with E-state index < -0.39 is 0 Å². The molecule has 0 saturated carbocycles. The average molecular weight is 312 g/mol. The summed E-state index contributed by atoms with van der Waals surface area (Å²) in [5.41, 5.74) is 0. The van der Waals surface area contributed by atoms with E-state index in [1.165, 1.54) is 4.68 Å². The lowest BCUT2D eigenvalue weighted by Gasteiger charge is -2.02. The molecule has 1 heterocycles. The first kappa shape index (κ1) is 10.7. The van der Waals surface area contributed by atoms with Crippen LogP contribution in [-0.4, -0.2) is 22.4 Å². The molecule has 0 amide bonds. The second-order valence-electron chi connectivity index (χ2n) is 2.25. The number of esters is 1. The zero-order chi connectivity index (χ0) is 9.84.